The molecule has 0 atom stereocenters. The number of nitrogens with one attached hydrogen (secondary N) is 1. The Morgan fingerprint density at radius 2 is 1.88 bits per heavy atom. The van der Waals surface area contributed by atoms with Crippen molar-refractivity contribution in [2.75, 3.05) is 11.0 Å². The summed E-state index contributed by atoms with van der Waals surface area (Å²) >= 11 is 0. The molecule has 0 aromatic carbocycles. The fraction of sp³-hybridized carbons (Fsp3) is 0.286. The smallest absolute Gasteiger partial charge is 0.445 e. The number of halogens is 3. The van der Waals surface area contributed by atoms with E-state index in [4.69, 9.17) is 0 Å². The third kappa shape index (κ3) is 5.71. The van der Waals surface area contributed by atoms with Gasteiger partial charge in [-0.15, -0.1) is 0 Å². The van der Waals surface area contributed by atoms with Crippen molar-refractivity contribution in [3.05, 3.63) is 18.0 Å². The normalized spacial score (nSPS) is 11.8. The summed E-state index contributed by atoms with van der Waals surface area (Å²) < 4.78 is 60.9. The van der Waals surface area contributed by atoms with Crippen LogP contribution in [-0.2, 0) is 10.0 Å². The van der Waals surface area contributed by atoms with E-state index in [1.807, 2.05) is 4.72 Å². The van der Waals surface area contributed by atoms with Gasteiger partial charge in [-0.3, -0.25) is 9.71 Å². The third-order valence-corrected chi connectivity index (χ3v) is 2.37. The molecule has 1 rings (SSSR count). The zero-order chi connectivity index (χ0) is 12.6. The number of anilines is 1. The summed E-state index contributed by atoms with van der Waals surface area (Å²) in [5, 5.41) is 0. The SMILES string of the molecule is Cc1ncc([B-](F)(F)F)cc1NS(C)(=O)=O.[K+]. The molecule has 0 aliphatic rings. The zero-order valence-electron chi connectivity index (χ0n) is 9.54. The molecule has 10 heteroatoms. The van der Waals surface area contributed by atoms with E-state index in [1.165, 1.54) is 6.92 Å². The minimum absolute atomic E-state index is 0. The van der Waals surface area contributed by atoms with Crippen molar-refractivity contribution >= 4 is 28.2 Å². The molecule has 0 fully saturated rings. The minimum atomic E-state index is -5.18. The molecule has 0 saturated heterocycles. The predicted molar refractivity (Wildman–Crippen MR) is 56.2 cm³/mol. The second kappa shape index (κ2) is 6.02. The third-order valence-electron chi connectivity index (χ3n) is 1.78. The van der Waals surface area contributed by atoms with Gasteiger partial charge in [0.15, 0.2) is 0 Å². The van der Waals surface area contributed by atoms with Gasteiger partial charge in [0.2, 0.25) is 10.0 Å². The Hall–Kier alpha value is 0.391. The Bertz CT molecular complexity index is 506. The predicted octanol–water partition coefficient (Wildman–Crippen LogP) is -2.18. The molecule has 1 N–H and O–H groups in total. The van der Waals surface area contributed by atoms with E-state index in [0.717, 1.165) is 12.3 Å². The number of nitrogens with zero attached hydrogens (tertiary/aromatic N) is 1. The van der Waals surface area contributed by atoms with Crippen LogP contribution in [0, 0.1) is 6.92 Å². The number of sulfonamides is 1. The molecule has 0 saturated carbocycles. The molecule has 0 radical (unpaired) electrons. The van der Waals surface area contributed by atoms with Crippen molar-refractivity contribution in [2.24, 2.45) is 0 Å². The largest absolute Gasteiger partial charge is 1.00 e. The van der Waals surface area contributed by atoms with Crippen molar-refractivity contribution in [1.29, 1.82) is 0 Å². The quantitative estimate of drug-likeness (QED) is 0.645. The maximum atomic E-state index is 12.4. The molecule has 0 aliphatic carbocycles. The molecule has 1 aromatic heterocycles. The Kier molecular flexibility index (Phi) is 6.16. The van der Waals surface area contributed by atoms with E-state index in [9.17, 15) is 21.4 Å². The summed E-state index contributed by atoms with van der Waals surface area (Å²) in [7, 11) is -3.61. The Labute approximate surface area is 140 Å². The van der Waals surface area contributed by atoms with E-state index in [0.29, 0.717) is 6.20 Å². The van der Waals surface area contributed by atoms with E-state index >= 15 is 0 Å². The Morgan fingerprint density at radius 3 is 2.29 bits per heavy atom. The summed E-state index contributed by atoms with van der Waals surface area (Å²) in [6, 6.07) is 0.739. The zero-order valence-corrected chi connectivity index (χ0v) is 13.5. The van der Waals surface area contributed by atoms with Gasteiger partial charge < -0.3 is 12.9 Å². The van der Waals surface area contributed by atoms with Crippen LogP contribution in [0.2, 0.25) is 0 Å². The van der Waals surface area contributed by atoms with Gasteiger partial charge in [0.05, 0.1) is 17.6 Å². The maximum Gasteiger partial charge on any atom is 1.00 e. The molecule has 90 valence electrons. The molecule has 0 bridgehead atoms. The van der Waals surface area contributed by atoms with Crippen LogP contribution in [0.5, 0.6) is 0 Å². The van der Waals surface area contributed by atoms with E-state index in [-0.39, 0.29) is 62.8 Å². The van der Waals surface area contributed by atoms with Crippen LogP contribution < -0.4 is 61.6 Å². The van der Waals surface area contributed by atoms with Gasteiger partial charge in [-0.05, 0) is 6.92 Å². The van der Waals surface area contributed by atoms with Crippen molar-refractivity contribution < 1.29 is 72.7 Å². The van der Waals surface area contributed by atoms with E-state index < -0.39 is 22.5 Å². The molecule has 1 aromatic rings. The maximum absolute atomic E-state index is 12.4. The van der Waals surface area contributed by atoms with Crippen LogP contribution >= 0.6 is 0 Å². The monoisotopic (exact) mass is 292 g/mol. The van der Waals surface area contributed by atoms with Crippen molar-refractivity contribution in [2.45, 2.75) is 6.92 Å². The molecule has 1 heterocycles. The first kappa shape index (κ1) is 17.4. The van der Waals surface area contributed by atoms with Gasteiger partial charge in [0.25, 0.3) is 0 Å². The van der Waals surface area contributed by atoms with Crippen LogP contribution in [0.4, 0.5) is 18.6 Å². The van der Waals surface area contributed by atoms with Gasteiger partial charge in [-0.1, -0.05) is 11.5 Å². The summed E-state index contributed by atoms with van der Waals surface area (Å²) in [5.41, 5.74) is -0.898. The molecule has 17 heavy (non-hydrogen) atoms. The number of aryl methyl sites for hydroxylation is 1. The van der Waals surface area contributed by atoms with Crippen LogP contribution in [-0.4, -0.2) is 26.6 Å². The molecule has 4 nitrogen and oxygen atoms in total. The number of pyridine rings is 1. The van der Waals surface area contributed by atoms with Crippen LogP contribution in [0.25, 0.3) is 0 Å². The second-order valence-electron chi connectivity index (χ2n) is 3.35. The Morgan fingerprint density at radius 1 is 1.35 bits per heavy atom. The van der Waals surface area contributed by atoms with E-state index in [1.54, 1.807) is 0 Å². The van der Waals surface area contributed by atoms with Crippen molar-refractivity contribution in [3.63, 3.8) is 0 Å². The van der Waals surface area contributed by atoms with Crippen LogP contribution in [0.15, 0.2) is 12.3 Å². The topological polar surface area (TPSA) is 59.1 Å². The standard InChI is InChI=1S/C7H9BF3N2O2S.K/c1-5-7(13-16(2,14)15)3-6(4-12-5)8(9,10)11;/h3-4,13H,1-2H3;/q-1;+1. The first-order valence-electron chi connectivity index (χ1n) is 4.24. The van der Waals surface area contributed by atoms with Gasteiger partial charge >= 0.3 is 58.4 Å². The number of aromatic nitrogens is 1. The summed E-state index contributed by atoms with van der Waals surface area (Å²) in [4.78, 5) is 3.50. The molecular formula is C7H9BF3KN2O2S. The minimum Gasteiger partial charge on any atom is -0.445 e. The van der Waals surface area contributed by atoms with Gasteiger partial charge in [0.1, 0.15) is 0 Å². The second-order valence-corrected chi connectivity index (χ2v) is 5.10. The number of hydrogen-bond donors (Lipinski definition) is 1. The molecule has 0 unspecified atom stereocenters. The van der Waals surface area contributed by atoms with E-state index in [2.05, 4.69) is 4.98 Å². The average Bonchev–Trinajstić information content (AvgIpc) is 2.04. The van der Waals surface area contributed by atoms with Crippen LogP contribution in [0.3, 0.4) is 0 Å². The van der Waals surface area contributed by atoms with Gasteiger partial charge in [-0.25, -0.2) is 8.42 Å². The molecule has 0 amide bonds. The number of hydrogen-bond acceptors (Lipinski definition) is 3. The van der Waals surface area contributed by atoms with Crippen LogP contribution in [0.1, 0.15) is 5.69 Å². The first-order valence-corrected chi connectivity index (χ1v) is 6.13. The Balaban J connectivity index is 0.00000256. The average molecular weight is 292 g/mol. The number of rotatable bonds is 3. The molecular weight excluding hydrogens is 283 g/mol. The summed E-state index contributed by atoms with van der Waals surface area (Å²) in [6.45, 7) is -3.77. The van der Waals surface area contributed by atoms with Gasteiger partial charge in [-0.2, -0.15) is 0 Å². The van der Waals surface area contributed by atoms with Crippen molar-refractivity contribution in [1.82, 2.24) is 4.98 Å². The van der Waals surface area contributed by atoms with Crippen molar-refractivity contribution in [3.8, 4) is 0 Å². The summed E-state index contributed by atoms with van der Waals surface area (Å²) in [5.74, 6) is 0. The summed E-state index contributed by atoms with van der Waals surface area (Å²) in [6.07, 6.45) is 1.54. The fourth-order valence-corrected chi connectivity index (χ4v) is 1.64. The first-order chi connectivity index (χ1) is 7.09. The molecule has 0 spiro atoms. The molecule has 0 aliphatic heterocycles. The van der Waals surface area contributed by atoms with Gasteiger partial charge in [0, 0.05) is 6.20 Å². The fourth-order valence-electron chi connectivity index (χ4n) is 1.03.